The second-order valence-electron chi connectivity index (χ2n) is 5.78. The van der Waals surface area contributed by atoms with Crippen molar-refractivity contribution < 1.29 is 19.0 Å². The van der Waals surface area contributed by atoms with E-state index in [2.05, 4.69) is 17.4 Å². The molecule has 1 N–H and O–H groups in total. The van der Waals surface area contributed by atoms with Gasteiger partial charge >= 0.3 is 0 Å². The standard InChI is InChI=1S/C20H23NO4S2/c1-3-24-17-9-6-15(12-18(17)23-2)21-19(22)13-25-16-7-4-14(5-8-16)20-26-10-11-27-20/h4-9,12,20H,3,10-11,13H2,1-2H3,(H,21,22). The molecule has 5 nitrogen and oxygen atoms in total. The first kappa shape index (κ1) is 19.8. The summed E-state index contributed by atoms with van der Waals surface area (Å²) in [5.41, 5.74) is 1.93. The Kier molecular flexibility index (Phi) is 7.18. The van der Waals surface area contributed by atoms with E-state index in [0.717, 1.165) is 0 Å². The Morgan fingerprint density at radius 3 is 2.48 bits per heavy atom. The number of methoxy groups -OCH3 is 1. The lowest BCUT2D eigenvalue weighted by molar-refractivity contribution is -0.118. The van der Waals surface area contributed by atoms with E-state index in [1.54, 1.807) is 25.3 Å². The lowest BCUT2D eigenvalue weighted by atomic mass is 10.2. The van der Waals surface area contributed by atoms with Gasteiger partial charge in [-0.1, -0.05) is 12.1 Å². The summed E-state index contributed by atoms with van der Waals surface area (Å²) in [7, 11) is 1.57. The van der Waals surface area contributed by atoms with Crippen LogP contribution in [-0.2, 0) is 4.79 Å². The van der Waals surface area contributed by atoms with Gasteiger partial charge in [-0.2, -0.15) is 0 Å². The zero-order valence-corrected chi connectivity index (χ0v) is 17.0. The van der Waals surface area contributed by atoms with Crippen LogP contribution in [-0.4, -0.2) is 37.7 Å². The second-order valence-corrected chi connectivity index (χ2v) is 8.50. The fourth-order valence-electron chi connectivity index (χ4n) is 2.64. The molecule has 2 aromatic rings. The summed E-state index contributed by atoms with van der Waals surface area (Å²) in [6.07, 6.45) is 0. The fourth-order valence-corrected chi connectivity index (χ4v) is 5.50. The molecule has 0 aliphatic carbocycles. The molecule has 0 aromatic heterocycles. The molecule has 7 heteroatoms. The van der Waals surface area contributed by atoms with Crippen molar-refractivity contribution in [1.82, 2.24) is 0 Å². The Morgan fingerprint density at radius 1 is 1.07 bits per heavy atom. The number of ether oxygens (including phenoxy) is 3. The Morgan fingerprint density at radius 2 is 1.81 bits per heavy atom. The summed E-state index contributed by atoms with van der Waals surface area (Å²) in [6.45, 7) is 2.40. The molecule has 0 atom stereocenters. The lowest BCUT2D eigenvalue weighted by Gasteiger charge is -2.12. The van der Waals surface area contributed by atoms with Gasteiger partial charge < -0.3 is 19.5 Å². The van der Waals surface area contributed by atoms with Gasteiger partial charge in [0.1, 0.15) is 5.75 Å². The van der Waals surface area contributed by atoms with Crippen LogP contribution in [0.5, 0.6) is 17.2 Å². The van der Waals surface area contributed by atoms with Gasteiger partial charge in [0, 0.05) is 23.3 Å². The number of carbonyl (C=O) groups excluding carboxylic acids is 1. The van der Waals surface area contributed by atoms with E-state index >= 15 is 0 Å². The van der Waals surface area contributed by atoms with Crippen molar-refractivity contribution in [2.24, 2.45) is 0 Å². The van der Waals surface area contributed by atoms with Crippen LogP contribution >= 0.6 is 23.5 Å². The largest absolute Gasteiger partial charge is 0.493 e. The van der Waals surface area contributed by atoms with E-state index in [4.69, 9.17) is 14.2 Å². The molecule has 1 aliphatic rings. The molecule has 1 saturated heterocycles. The summed E-state index contributed by atoms with van der Waals surface area (Å²) in [4.78, 5) is 12.2. The summed E-state index contributed by atoms with van der Waals surface area (Å²) in [5.74, 6) is 4.08. The molecule has 0 radical (unpaired) electrons. The Labute approximate surface area is 168 Å². The van der Waals surface area contributed by atoms with Gasteiger partial charge in [0.2, 0.25) is 0 Å². The van der Waals surface area contributed by atoms with Crippen molar-refractivity contribution in [3.63, 3.8) is 0 Å². The third-order valence-corrected chi connectivity index (χ3v) is 7.00. The van der Waals surface area contributed by atoms with E-state index < -0.39 is 0 Å². The molecular weight excluding hydrogens is 382 g/mol. The van der Waals surface area contributed by atoms with Gasteiger partial charge in [-0.3, -0.25) is 4.79 Å². The van der Waals surface area contributed by atoms with E-state index in [0.29, 0.717) is 34.1 Å². The van der Waals surface area contributed by atoms with Gasteiger partial charge in [0.15, 0.2) is 18.1 Å². The number of nitrogens with one attached hydrogen (secondary N) is 1. The number of hydrogen-bond acceptors (Lipinski definition) is 6. The summed E-state index contributed by atoms with van der Waals surface area (Å²) in [6, 6.07) is 13.3. The second kappa shape index (κ2) is 9.80. The number of rotatable bonds is 8. The smallest absolute Gasteiger partial charge is 0.262 e. The highest BCUT2D eigenvalue weighted by molar-refractivity contribution is 8.19. The van der Waals surface area contributed by atoms with Crippen molar-refractivity contribution in [1.29, 1.82) is 0 Å². The molecule has 0 bridgehead atoms. The lowest BCUT2D eigenvalue weighted by Crippen LogP contribution is -2.20. The maximum Gasteiger partial charge on any atom is 0.262 e. The third kappa shape index (κ3) is 5.49. The summed E-state index contributed by atoms with van der Waals surface area (Å²) < 4.78 is 16.9. The number of thioether (sulfide) groups is 2. The predicted molar refractivity (Wildman–Crippen MR) is 112 cm³/mol. The number of anilines is 1. The number of benzene rings is 2. The Hall–Kier alpha value is -1.99. The molecule has 1 aliphatic heterocycles. The van der Waals surface area contributed by atoms with Crippen LogP contribution in [0.1, 0.15) is 17.1 Å². The summed E-state index contributed by atoms with van der Waals surface area (Å²) >= 11 is 3.93. The minimum Gasteiger partial charge on any atom is -0.493 e. The van der Waals surface area contributed by atoms with Crippen LogP contribution in [0.2, 0.25) is 0 Å². The molecule has 1 amide bonds. The van der Waals surface area contributed by atoms with Crippen LogP contribution in [0.15, 0.2) is 42.5 Å². The summed E-state index contributed by atoms with van der Waals surface area (Å²) in [5, 5.41) is 2.81. The number of amides is 1. The van der Waals surface area contributed by atoms with E-state index in [9.17, 15) is 4.79 Å². The topological polar surface area (TPSA) is 56.8 Å². The first-order chi connectivity index (χ1) is 13.2. The van der Waals surface area contributed by atoms with Crippen molar-refractivity contribution in [3.8, 4) is 17.2 Å². The molecule has 2 aromatic carbocycles. The van der Waals surface area contributed by atoms with E-state index in [-0.39, 0.29) is 12.5 Å². The van der Waals surface area contributed by atoms with Gasteiger partial charge in [0.05, 0.1) is 18.3 Å². The van der Waals surface area contributed by atoms with Crippen molar-refractivity contribution in [2.45, 2.75) is 11.5 Å². The molecule has 1 heterocycles. The monoisotopic (exact) mass is 405 g/mol. The van der Waals surface area contributed by atoms with Crippen LogP contribution in [0.25, 0.3) is 0 Å². The normalized spacial score (nSPS) is 14.0. The minimum atomic E-state index is -0.229. The highest BCUT2D eigenvalue weighted by Crippen LogP contribution is 2.45. The fraction of sp³-hybridized carbons (Fsp3) is 0.350. The minimum absolute atomic E-state index is 0.0538. The van der Waals surface area contributed by atoms with Crippen LogP contribution in [0.3, 0.4) is 0 Å². The zero-order chi connectivity index (χ0) is 19.1. The quantitative estimate of drug-likeness (QED) is 0.693. The highest BCUT2D eigenvalue weighted by Gasteiger charge is 2.18. The van der Waals surface area contributed by atoms with E-state index in [1.165, 1.54) is 17.1 Å². The average molecular weight is 406 g/mol. The third-order valence-electron chi connectivity index (χ3n) is 3.89. The molecule has 1 fully saturated rings. The molecular formula is C20H23NO4S2. The maximum absolute atomic E-state index is 12.2. The molecule has 0 saturated carbocycles. The SMILES string of the molecule is CCOc1ccc(NC(=O)COc2ccc(C3SCCS3)cc2)cc1OC. The Bertz CT molecular complexity index is 761. The number of carbonyl (C=O) groups is 1. The van der Waals surface area contributed by atoms with Gasteiger partial charge in [-0.05, 0) is 36.8 Å². The van der Waals surface area contributed by atoms with Gasteiger partial charge in [-0.25, -0.2) is 0 Å². The first-order valence-corrected chi connectivity index (χ1v) is 10.9. The first-order valence-electron chi connectivity index (χ1n) is 8.76. The molecule has 27 heavy (non-hydrogen) atoms. The average Bonchev–Trinajstić information content (AvgIpc) is 3.23. The molecule has 144 valence electrons. The van der Waals surface area contributed by atoms with Crippen molar-refractivity contribution in [2.75, 3.05) is 37.1 Å². The van der Waals surface area contributed by atoms with Gasteiger partial charge in [-0.15, -0.1) is 23.5 Å². The van der Waals surface area contributed by atoms with E-state index in [1.807, 2.05) is 42.6 Å². The predicted octanol–water partition coefficient (Wildman–Crippen LogP) is 4.59. The Balaban J connectivity index is 1.52. The van der Waals surface area contributed by atoms with Crippen LogP contribution in [0, 0.1) is 0 Å². The molecule has 0 unspecified atom stereocenters. The van der Waals surface area contributed by atoms with Crippen molar-refractivity contribution in [3.05, 3.63) is 48.0 Å². The number of hydrogen-bond donors (Lipinski definition) is 1. The highest BCUT2D eigenvalue weighted by atomic mass is 32.2. The van der Waals surface area contributed by atoms with Crippen molar-refractivity contribution >= 4 is 35.1 Å². The molecule has 0 spiro atoms. The van der Waals surface area contributed by atoms with Crippen LogP contribution in [0.4, 0.5) is 5.69 Å². The van der Waals surface area contributed by atoms with Gasteiger partial charge in [0.25, 0.3) is 5.91 Å². The van der Waals surface area contributed by atoms with Crippen LogP contribution < -0.4 is 19.5 Å². The maximum atomic E-state index is 12.2. The zero-order valence-electron chi connectivity index (χ0n) is 15.4. The molecule has 3 rings (SSSR count).